The number of nitrogens with zero attached hydrogens (tertiary/aromatic N) is 1. The van der Waals surface area contributed by atoms with E-state index in [9.17, 15) is 22.8 Å². The predicted octanol–water partition coefficient (Wildman–Crippen LogP) is 4.76. The molecule has 1 amide bonds. The lowest BCUT2D eigenvalue weighted by molar-refractivity contribution is -0.138. The molecule has 0 N–H and O–H groups in total. The maximum atomic E-state index is 13.1. The minimum atomic E-state index is -4.53. The second-order valence-electron chi connectivity index (χ2n) is 6.74. The Morgan fingerprint density at radius 3 is 2.48 bits per heavy atom. The monoisotopic (exact) mass is 419 g/mol. The zero-order chi connectivity index (χ0) is 20.8. The summed E-state index contributed by atoms with van der Waals surface area (Å²) < 4.78 is 44.5. The molecule has 4 rings (SSSR count). The predicted molar refractivity (Wildman–Crippen MR) is 102 cm³/mol. The Morgan fingerprint density at radius 1 is 1.10 bits per heavy atom. The highest BCUT2D eigenvalue weighted by Crippen LogP contribution is 2.43. The van der Waals surface area contributed by atoms with Gasteiger partial charge in [0.25, 0.3) is 0 Å². The summed E-state index contributed by atoms with van der Waals surface area (Å²) in [7, 11) is 0. The molecule has 4 nitrogen and oxygen atoms in total. The number of rotatable bonds is 3. The zero-order valence-corrected chi connectivity index (χ0v) is 16.1. The van der Waals surface area contributed by atoms with E-state index in [0.717, 1.165) is 22.6 Å². The Morgan fingerprint density at radius 2 is 1.83 bits per heavy atom. The third-order valence-corrected chi connectivity index (χ3v) is 5.81. The molecule has 150 valence electrons. The van der Waals surface area contributed by atoms with Crippen molar-refractivity contribution in [1.82, 2.24) is 0 Å². The summed E-state index contributed by atoms with van der Waals surface area (Å²) in [6.07, 6.45) is -2.61. The summed E-state index contributed by atoms with van der Waals surface area (Å²) in [5.41, 5.74) is 0.659. The van der Waals surface area contributed by atoms with Crippen molar-refractivity contribution in [2.24, 2.45) is 0 Å². The number of carbonyl (C=O) groups is 2. The molecule has 0 aromatic heterocycles. The van der Waals surface area contributed by atoms with Gasteiger partial charge in [-0.3, -0.25) is 9.69 Å². The van der Waals surface area contributed by atoms with E-state index >= 15 is 0 Å². The van der Waals surface area contributed by atoms with Gasteiger partial charge in [0.15, 0.2) is 0 Å². The van der Waals surface area contributed by atoms with Gasteiger partial charge in [-0.25, -0.2) is 4.79 Å². The number of halogens is 3. The molecule has 0 unspecified atom stereocenters. The Kier molecular flexibility index (Phi) is 4.90. The van der Waals surface area contributed by atoms with Crippen LogP contribution in [0.1, 0.15) is 23.5 Å². The molecule has 0 spiro atoms. The number of benzene rings is 2. The van der Waals surface area contributed by atoms with Gasteiger partial charge in [-0.05, 0) is 42.2 Å². The lowest BCUT2D eigenvalue weighted by Gasteiger charge is -2.32. The van der Waals surface area contributed by atoms with Gasteiger partial charge < -0.3 is 4.74 Å². The van der Waals surface area contributed by atoms with E-state index in [1.807, 2.05) is 30.5 Å². The Labute approximate surface area is 169 Å². The second-order valence-corrected chi connectivity index (χ2v) is 7.62. The van der Waals surface area contributed by atoms with Crippen molar-refractivity contribution in [2.45, 2.75) is 23.4 Å². The average Bonchev–Trinajstić information content (AvgIpc) is 3.08. The molecular weight excluding hydrogens is 403 g/mol. The third kappa shape index (κ3) is 3.53. The molecule has 2 aliphatic rings. The van der Waals surface area contributed by atoms with Gasteiger partial charge in [-0.15, -0.1) is 11.8 Å². The van der Waals surface area contributed by atoms with Crippen molar-refractivity contribution in [1.29, 1.82) is 0 Å². The van der Waals surface area contributed by atoms with E-state index in [1.165, 1.54) is 17.0 Å². The van der Waals surface area contributed by atoms with Crippen LogP contribution in [-0.4, -0.2) is 24.7 Å². The van der Waals surface area contributed by atoms with Gasteiger partial charge in [0, 0.05) is 22.9 Å². The highest BCUT2D eigenvalue weighted by Gasteiger charge is 2.43. The van der Waals surface area contributed by atoms with Crippen LogP contribution < -0.4 is 4.90 Å². The average molecular weight is 419 g/mol. The highest BCUT2D eigenvalue weighted by atomic mass is 32.2. The summed E-state index contributed by atoms with van der Waals surface area (Å²) in [5, 5.41) is 0. The SMILES string of the molecule is CSc1ccc([C@H]2CC(=O)N(c3cccc(C(F)(F)F)c3)C3=C2C(=O)OC3)cc1. The molecule has 0 saturated carbocycles. The van der Waals surface area contributed by atoms with Gasteiger partial charge >= 0.3 is 12.1 Å². The quantitative estimate of drug-likeness (QED) is 0.532. The van der Waals surface area contributed by atoms with Crippen molar-refractivity contribution in [3.8, 4) is 0 Å². The number of thioether (sulfide) groups is 1. The highest BCUT2D eigenvalue weighted by molar-refractivity contribution is 7.98. The van der Waals surface area contributed by atoms with Crippen LogP contribution in [0.2, 0.25) is 0 Å². The Balaban J connectivity index is 1.78. The van der Waals surface area contributed by atoms with Crippen LogP contribution in [0.15, 0.2) is 64.7 Å². The largest absolute Gasteiger partial charge is 0.456 e. The van der Waals surface area contributed by atoms with Crippen molar-refractivity contribution < 1.29 is 27.5 Å². The van der Waals surface area contributed by atoms with Crippen LogP contribution in [0.25, 0.3) is 0 Å². The Bertz CT molecular complexity index is 1010. The molecule has 2 heterocycles. The lowest BCUT2D eigenvalue weighted by Crippen LogP contribution is -2.37. The molecule has 1 atom stereocenters. The maximum Gasteiger partial charge on any atom is 0.416 e. The molecule has 2 aromatic carbocycles. The summed E-state index contributed by atoms with van der Waals surface area (Å²) in [6, 6.07) is 12.1. The van der Waals surface area contributed by atoms with Gasteiger partial charge in [0.05, 0.1) is 16.8 Å². The van der Waals surface area contributed by atoms with Crippen molar-refractivity contribution in [2.75, 3.05) is 17.8 Å². The number of hydrogen-bond donors (Lipinski definition) is 0. The normalized spacial score (nSPS) is 19.4. The van der Waals surface area contributed by atoms with Crippen LogP contribution in [0.3, 0.4) is 0 Å². The summed E-state index contributed by atoms with van der Waals surface area (Å²) >= 11 is 1.57. The molecule has 0 fully saturated rings. The summed E-state index contributed by atoms with van der Waals surface area (Å²) in [6.45, 7) is -0.143. The lowest BCUT2D eigenvalue weighted by atomic mass is 9.84. The third-order valence-electron chi connectivity index (χ3n) is 5.07. The van der Waals surface area contributed by atoms with Crippen molar-refractivity contribution >= 4 is 29.3 Å². The van der Waals surface area contributed by atoms with E-state index < -0.39 is 23.6 Å². The summed E-state index contributed by atoms with van der Waals surface area (Å²) in [5.74, 6) is -1.39. The van der Waals surface area contributed by atoms with Crippen LogP contribution >= 0.6 is 11.8 Å². The maximum absolute atomic E-state index is 13.1. The number of esters is 1. The number of cyclic esters (lactones) is 1. The molecule has 0 bridgehead atoms. The number of alkyl halides is 3. The molecule has 0 radical (unpaired) electrons. The molecule has 0 saturated heterocycles. The van der Waals surface area contributed by atoms with Gasteiger partial charge in [-0.1, -0.05) is 18.2 Å². The topological polar surface area (TPSA) is 46.6 Å². The number of carbonyl (C=O) groups excluding carboxylic acids is 2. The second kappa shape index (κ2) is 7.26. The molecule has 0 aliphatic carbocycles. The fraction of sp³-hybridized carbons (Fsp3) is 0.238. The standard InChI is InChI=1S/C21H16F3NO3S/c1-29-15-7-5-12(6-8-15)16-10-18(26)25(17-11-28-20(27)19(16)17)14-4-2-3-13(9-14)21(22,23)24/h2-9,16H,10-11H2,1H3/t16-/m1/s1. The fourth-order valence-corrected chi connectivity index (χ4v) is 4.10. The van der Waals surface area contributed by atoms with Gasteiger partial charge in [0.2, 0.25) is 5.91 Å². The van der Waals surface area contributed by atoms with Crippen LogP contribution in [0.4, 0.5) is 18.9 Å². The zero-order valence-electron chi connectivity index (χ0n) is 15.3. The first-order valence-corrected chi connectivity index (χ1v) is 10.1. The molecular formula is C21H16F3NO3S. The molecule has 2 aliphatic heterocycles. The smallest absolute Gasteiger partial charge is 0.416 e. The van der Waals surface area contributed by atoms with E-state index in [2.05, 4.69) is 0 Å². The number of amides is 1. The van der Waals surface area contributed by atoms with Gasteiger partial charge in [-0.2, -0.15) is 13.2 Å². The van der Waals surface area contributed by atoms with E-state index in [1.54, 1.807) is 11.8 Å². The van der Waals surface area contributed by atoms with Gasteiger partial charge in [0.1, 0.15) is 6.61 Å². The van der Waals surface area contributed by atoms with Crippen molar-refractivity contribution in [3.63, 3.8) is 0 Å². The number of hydrogen-bond acceptors (Lipinski definition) is 4. The molecule has 2 aromatic rings. The minimum absolute atomic E-state index is 0.0250. The van der Waals surface area contributed by atoms with E-state index in [-0.39, 0.29) is 24.6 Å². The molecule has 29 heavy (non-hydrogen) atoms. The molecule has 8 heteroatoms. The Hall–Kier alpha value is -2.74. The minimum Gasteiger partial charge on any atom is -0.456 e. The number of ether oxygens (including phenoxy) is 1. The number of anilines is 1. The van der Waals surface area contributed by atoms with E-state index in [0.29, 0.717) is 11.3 Å². The first-order chi connectivity index (χ1) is 13.8. The first-order valence-electron chi connectivity index (χ1n) is 8.84. The van der Waals surface area contributed by atoms with Crippen molar-refractivity contribution in [3.05, 3.63) is 70.9 Å². The fourth-order valence-electron chi connectivity index (χ4n) is 3.70. The van der Waals surface area contributed by atoms with E-state index in [4.69, 9.17) is 4.74 Å². The van der Waals surface area contributed by atoms with Crippen LogP contribution in [0, 0.1) is 0 Å². The summed E-state index contributed by atoms with van der Waals surface area (Å²) in [4.78, 5) is 27.6. The van der Waals surface area contributed by atoms with Crippen LogP contribution in [0.5, 0.6) is 0 Å². The van der Waals surface area contributed by atoms with Crippen LogP contribution in [-0.2, 0) is 20.5 Å². The first kappa shape index (κ1) is 19.6.